The Morgan fingerprint density at radius 2 is 2.00 bits per heavy atom. The van der Waals surface area contributed by atoms with Crippen molar-refractivity contribution in [3.8, 4) is 0 Å². The van der Waals surface area contributed by atoms with Gasteiger partial charge in [-0.3, -0.25) is 11.3 Å². The molecule has 0 aromatic heterocycles. The van der Waals surface area contributed by atoms with Crippen LogP contribution in [-0.4, -0.2) is 18.2 Å². The van der Waals surface area contributed by atoms with E-state index >= 15 is 0 Å². The van der Waals surface area contributed by atoms with Gasteiger partial charge in [-0.05, 0) is 27.2 Å². The van der Waals surface area contributed by atoms with Gasteiger partial charge >= 0.3 is 0 Å². The topological polar surface area (TPSA) is 47.3 Å². The van der Waals surface area contributed by atoms with Crippen molar-refractivity contribution in [3.63, 3.8) is 0 Å². The molecule has 0 saturated heterocycles. The van der Waals surface area contributed by atoms with Gasteiger partial charge in [0.2, 0.25) is 0 Å². The summed E-state index contributed by atoms with van der Waals surface area (Å²) in [5.74, 6) is 5.37. The summed E-state index contributed by atoms with van der Waals surface area (Å²) in [6.07, 6.45) is 0.976. The van der Waals surface area contributed by atoms with Gasteiger partial charge in [-0.2, -0.15) is 0 Å². The molecule has 0 aliphatic rings. The van der Waals surface area contributed by atoms with Gasteiger partial charge in [0.15, 0.2) is 0 Å². The van der Waals surface area contributed by atoms with Crippen LogP contribution in [0.5, 0.6) is 0 Å². The number of nitrogens with one attached hydrogen (secondary N) is 1. The van der Waals surface area contributed by atoms with Crippen LogP contribution in [0, 0.1) is 0 Å². The summed E-state index contributed by atoms with van der Waals surface area (Å²) >= 11 is 0. The molecule has 3 N–H and O–H groups in total. The van der Waals surface area contributed by atoms with Gasteiger partial charge in [0.1, 0.15) is 0 Å². The second-order valence-corrected chi connectivity index (χ2v) is 3.16. The molecule has 0 amide bonds. The molecule has 0 fully saturated rings. The molecule has 0 bridgehead atoms. The van der Waals surface area contributed by atoms with E-state index in [9.17, 15) is 0 Å². The number of nitrogens with two attached hydrogens (primary N) is 1. The lowest BCUT2D eigenvalue weighted by Crippen LogP contribution is -2.51. The van der Waals surface area contributed by atoms with E-state index in [-0.39, 0.29) is 11.6 Å². The van der Waals surface area contributed by atoms with Crippen LogP contribution in [0.1, 0.15) is 34.1 Å². The fraction of sp³-hybridized carbons (Fsp3) is 1.00. The number of hydrazine groups is 1. The van der Waals surface area contributed by atoms with E-state index < -0.39 is 0 Å². The summed E-state index contributed by atoms with van der Waals surface area (Å²) in [7, 11) is 0. The van der Waals surface area contributed by atoms with E-state index in [1.807, 2.05) is 20.8 Å². The highest BCUT2D eigenvalue weighted by Gasteiger charge is 2.27. The highest BCUT2D eigenvalue weighted by molar-refractivity contribution is 4.82. The summed E-state index contributed by atoms with van der Waals surface area (Å²) in [6.45, 7) is 8.90. The van der Waals surface area contributed by atoms with Gasteiger partial charge < -0.3 is 4.74 Å². The normalized spacial score (nSPS) is 15.0. The maximum atomic E-state index is 5.53. The second-order valence-electron chi connectivity index (χ2n) is 3.16. The molecule has 0 spiro atoms. The molecule has 0 aromatic rings. The maximum absolute atomic E-state index is 5.53. The van der Waals surface area contributed by atoms with Crippen LogP contribution in [0.4, 0.5) is 0 Å². The van der Waals surface area contributed by atoms with E-state index in [2.05, 4.69) is 12.3 Å². The van der Waals surface area contributed by atoms with Crippen molar-refractivity contribution in [1.29, 1.82) is 0 Å². The Morgan fingerprint density at radius 3 is 2.27 bits per heavy atom. The zero-order valence-electron chi connectivity index (χ0n) is 7.98. The minimum atomic E-state index is -0.168. The van der Waals surface area contributed by atoms with Gasteiger partial charge in [0, 0.05) is 12.6 Å². The van der Waals surface area contributed by atoms with Crippen molar-refractivity contribution >= 4 is 0 Å². The Balaban J connectivity index is 4.00. The first-order valence-corrected chi connectivity index (χ1v) is 4.18. The molecule has 0 radical (unpaired) electrons. The predicted octanol–water partition coefficient (Wildman–Crippen LogP) is 1.04. The molecule has 0 aliphatic carbocycles. The highest BCUT2D eigenvalue weighted by atomic mass is 16.5. The molecule has 3 heteroatoms. The monoisotopic (exact) mass is 160 g/mol. The zero-order valence-corrected chi connectivity index (χ0v) is 7.98. The molecule has 0 aromatic carbocycles. The fourth-order valence-electron chi connectivity index (χ4n) is 1.28. The maximum Gasteiger partial charge on any atom is 0.0791 e. The van der Waals surface area contributed by atoms with Crippen LogP contribution in [0.15, 0.2) is 0 Å². The smallest absolute Gasteiger partial charge is 0.0791 e. The highest BCUT2D eigenvalue weighted by Crippen LogP contribution is 2.16. The van der Waals surface area contributed by atoms with Crippen LogP contribution >= 0.6 is 0 Å². The molecule has 1 unspecified atom stereocenters. The number of hydrogen-bond acceptors (Lipinski definition) is 3. The lowest BCUT2D eigenvalue weighted by Gasteiger charge is -2.32. The molecule has 0 aliphatic heterocycles. The van der Waals surface area contributed by atoms with Crippen LogP contribution < -0.4 is 11.3 Å². The first-order valence-electron chi connectivity index (χ1n) is 4.18. The molecule has 0 heterocycles. The van der Waals surface area contributed by atoms with Crippen LogP contribution in [-0.2, 0) is 4.74 Å². The first kappa shape index (κ1) is 10.9. The summed E-state index contributed by atoms with van der Waals surface area (Å²) in [5, 5.41) is 0. The average molecular weight is 160 g/mol. The van der Waals surface area contributed by atoms with Crippen molar-refractivity contribution in [1.82, 2.24) is 5.43 Å². The molecule has 0 rings (SSSR count). The van der Waals surface area contributed by atoms with Crippen LogP contribution in [0.2, 0.25) is 0 Å². The Bertz CT molecular complexity index is 100. The Morgan fingerprint density at radius 1 is 1.45 bits per heavy atom. The zero-order chi connectivity index (χ0) is 8.91. The minimum absolute atomic E-state index is 0.168. The summed E-state index contributed by atoms with van der Waals surface area (Å²) < 4.78 is 5.53. The standard InChI is InChI=1S/C8H20N2O/c1-5-7(10-9)8(3,4)11-6-2/h7,10H,5-6,9H2,1-4H3. The van der Waals surface area contributed by atoms with Crippen molar-refractivity contribution in [2.24, 2.45) is 5.84 Å². The summed E-state index contributed by atoms with van der Waals surface area (Å²) in [6, 6.07) is 0.224. The van der Waals surface area contributed by atoms with Gasteiger partial charge in [-0.15, -0.1) is 0 Å². The van der Waals surface area contributed by atoms with E-state index in [0.29, 0.717) is 0 Å². The summed E-state index contributed by atoms with van der Waals surface area (Å²) in [4.78, 5) is 0. The van der Waals surface area contributed by atoms with Crippen LogP contribution in [0.25, 0.3) is 0 Å². The number of hydrogen-bond donors (Lipinski definition) is 2. The van der Waals surface area contributed by atoms with Gasteiger partial charge in [-0.1, -0.05) is 6.92 Å². The van der Waals surface area contributed by atoms with Gasteiger partial charge in [-0.25, -0.2) is 0 Å². The van der Waals surface area contributed by atoms with E-state index in [1.54, 1.807) is 0 Å². The van der Waals surface area contributed by atoms with Crippen molar-refractivity contribution in [2.45, 2.75) is 45.8 Å². The predicted molar refractivity (Wildman–Crippen MR) is 47.1 cm³/mol. The lowest BCUT2D eigenvalue weighted by atomic mass is 9.97. The molecule has 68 valence electrons. The number of rotatable bonds is 5. The first-order chi connectivity index (χ1) is 5.08. The third kappa shape index (κ3) is 3.18. The third-order valence-electron chi connectivity index (χ3n) is 1.96. The average Bonchev–Trinajstić information content (AvgIpc) is 1.89. The van der Waals surface area contributed by atoms with Crippen molar-refractivity contribution in [2.75, 3.05) is 6.61 Å². The molecular formula is C8H20N2O. The van der Waals surface area contributed by atoms with Gasteiger partial charge in [0.25, 0.3) is 0 Å². The molecule has 11 heavy (non-hydrogen) atoms. The Hall–Kier alpha value is -0.120. The second kappa shape index (κ2) is 4.70. The molecule has 0 saturated carbocycles. The molecule has 1 atom stereocenters. The van der Waals surface area contributed by atoms with E-state index in [4.69, 9.17) is 10.6 Å². The lowest BCUT2D eigenvalue weighted by molar-refractivity contribution is -0.0390. The van der Waals surface area contributed by atoms with E-state index in [0.717, 1.165) is 13.0 Å². The third-order valence-corrected chi connectivity index (χ3v) is 1.96. The SMILES string of the molecule is CCOC(C)(C)C(CC)NN. The summed E-state index contributed by atoms with van der Waals surface area (Å²) in [5.41, 5.74) is 2.58. The van der Waals surface area contributed by atoms with Crippen LogP contribution in [0.3, 0.4) is 0 Å². The number of ether oxygens (including phenoxy) is 1. The van der Waals surface area contributed by atoms with Gasteiger partial charge in [0.05, 0.1) is 5.60 Å². The molecular weight excluding hydrogens is 140 g/mol. The Kier molecular flexibility index (Phi) is 4.65. The van der Waals surface area contributed by atoms with Crippen molar-refractivity contribution in [3.05, 3.63) is 0 Å². The Labute approximate surface area is 69.3 Å². The largest absolute Gasteiger partial charge is 0.374 e. The molecule has 3 nitrogen and oxygen atoms in total. The minimum Gasteiger partial charge on any atom is -0.374 e. The fourth-order valence-corrected chi connectivity index (χ4v) is 1.28. The van der Waals surface area contributed by atoms with E-state index in [1.165, 1.54) is 0 Å². The quantitative estimate of drug-likeness (QED) is 0.466. The van der Waals surface area contributed by atoms with Crippen molar-refractivity contribution < 1.29 is 4.74 Å².